The van der Waals surface area contributed by atoms with E-state index < -0.39 is 0 Å². The monoisotopic (exact) mass is 370 g/mol. The zero-order valence-electron chi connectivity index (χ0n) is 15.5. The van der Waals surface area contributed by atoms with Crippen LogP contribution in [0.3, 0.4) is 0 Å². The molecule has 5 rings (SSSR count). The number of benzene rings is 2. The molecule has 0 saturated carbocycles. The number of pyridine rings is 1. The molecule has 1 aliphatic rings. The van der Waals surface area contributed by atoms with Crippen LogP contribution in [-0.4, -0.2) is 32.6 Å². The summed E-state index contributed by atoms with van der Waals surface area (Å²) in [6.07, 6.45) is 0. The van der Waals surface area contributed by atoms with Gasteiger partial charge in [-0.05, 0) is 35.4 Å². The van der Waals surface area contributed by atoms with Crippen molar-refractivity contribution >= 4 is 17.3 Å². The molecule has 0 atom stereocenters. The maximum absolute atomic E-state index is 5.69. The number of nitrogens with two attached hydrogens (primary N) is 1. The number of aromatic nitrogens is 3. The molecule has 2 aromatic carbocycles. The Morgan fingerprint density at radius 1 is 0.929 bits per heavy atom. The van der Waals surface area contributed by atoms with Crippen molar-refractivity contribution in [3.05, 3.63) is 77.9 Å². The fourth-order valence-electron chi connectivity index (χ4n) is 3.80. The predicted octanol–water partition coefficient (Wildman–Crippen LogP) is 3.41. The molecule has 140 valence electrons. The van der Waals surface area contributed by atoms with E-state index in [9.17, 15) is 0 Å². The Morgan fingerprint density at radius 2 is 1.79 bits per heavy atom. The van der Waals surface area contributed by atoms with Gasteiger partial charge in [0, 0.05) is 37.4 Å². The summed E-state index contributed by atoms with van der Waals surface area (Å²) in [6, 6.07) is 22.7. The molecule has 0 aliphatic carbocycles. The van der Waals surface area contributed by atoms with Crippen LogP contribution in [-0.2, 0) is 13.1 Å². The summed E-state index contributed by atoms with van der Waals surface area (Å²) in [5, 5.41) is 8.05. The van der Waals surface area contributed by atoms with Gasteiger partial charge in [-0.2, -0.15) is 4.98 Å². The summed E-state index contributed by atoms with van der Waals surface area (Å²) < 4.78 is 1.88. The zero-order valence-corrected chi connectivity index (χ0v) is 15.5. The number of nitrogens with one attached hydrogen (secondary N) is 1. The molecular weight excluding hydrogens is 348 g/mol. The van der Waals surface area contributed by atoms with E-state index in [0.717, 1.165) is 42.2 Å². The second kappa shape index (κ2) is 7.07. The molecule has 4 aromatic rings. The summed E-state index contributed by atoms with van der Waals surface area (Å²) >= 11 is 0. The first-order valence-corrected chi connectivity index (χ1v) is 9.52. The molecule has 0 spiro atoms. The van der Waals surface area contributed by atoms with Crippen molar-refractivity contribution in [1.82, 2.24) is 19.5 Å². The molecule has 6 nitrogen and oxygen atoms in total. The second-order valence-electron chi connectivity index (χ2n) is 7.09. The lowest BCUT2D eigenvalue weighted by Crippen LogP contribution is -2.23. The third-order valence-corrected chi connectivity index (χ3v) is 5.12. The van der Waals surface area contributed by atoms with E-state index in [0.29, 0.717) is 12.5 Å². The fourth-order valence-corrected chi connectivity index (χ4v) is 3.80. The molecular formula is C22H22N6. The zero-order chi connectivity index (χ0) is 18.9. The highest BCUT2D eigenvalue weighted by atomic mass is 15.4. The van der Waals surface area contributed by atoms with Gasteiger partial charge in [-0.15, -0.1) is 5.10 Å². The topological polar surface area (TPSA) is 71.5 Å². The molecule has 28 heavy (non-hydrogen) atoms. The number of hydrogen-bond donors (Lipinski definition) is 2. The van der Waals surface area contributed by atoms with Gasteiger partial charge in [-0.3, -0.25) is 4.90 Å². The van der Waals surface area contributed by atoms with Crippen molar-refractivity contribution in [2.45, 2.75) is 13.1 Å². The van der Waals surface area contributed by atoms with Gasteiger partial charge in [0.25, 0.3) is 0 Å². The van der Waals surface area contributed by atoms with E-state index in [1.54, 1.807) is 0 Å². The van der Waals surface area contributed by atoms with Crippen LogP contribution >= 0.6 is 0 Å². The molecule has 2 aromatic heterocycles. The molecule has 0 fully saturated rings. The molecule has 3 heterocycles. The van der Waals surface area contributed by atoms with Crippen LogP contribution in [0.25, 0.3) is 16.9 Å². The quantitative estimate of drug-likeness (QED) is 0.563. The summed E-state index contributed by atoms with van der Waals surface area (Å²) in [7, 11) is 0. The number of hydrogen-bond acceptors (Lipinski definition) is 5. The second-order valence-corrected chi connectivity index (χ2v) is 7.09. The van der Waals surface area contributed by atoms with E-state index >= 15 is 0 Å². The van der Waals surface area contributed by atoms with Crippen molar-refractivity contribution in [2.75, 3.05) is 18.4 Å². The third-order valence-electron chi connectivity index (χ3n) is 5.12. The molecule has 1 aliphatic heterocycles. The van der Waals surface area contributed by atoms with Crippen LogP contribution in [0.2, 0.25) is 0 Å². The number of fused-ring (bicyclic) bond motifs is 2. The van der Waals surface area contributed by atoms with Crippen molar-refractivity contribution in [1.29, 1.82) is 0 Å². The molecule has 0 saturated heterocycles. The van der Waals surface area contributed by atoms with E-state index in [-0.39, 0.29) is 0 Å². The standard InChI is InChI=1S/C22H22N6/c23-11-12-27-14-17-9-10-19(13-18(17)15-27)24-22-25-21-8-4-7-20(28(21)26-22)16-5-2-1-3-6-16/h1-10,13H,11-12,14-15,23H2,(H,24,26). The Hall–Kier alpha value is -3.22. The van der Waals surface area contributed by atoms with Crippen molar-refractivity contribution < 1.29 is 0 Å². The fraction of sp³-hybridized carbons (Fsp3) is 0.182. The van der Waals surface area contributed by atoms with E-state index in [4.69, 9.17) is 5.73 Å². The lowest BCUT2D eigenvalue weighted by molar-refractivity contribution is 0.293. The average Bonchev–Trinajstić information content (AvgIpc) is 3.31. The first-order valence-electron chi connectivity index (χ1n) is 9.52. The summed E-state index contributed by atoms with van der Waals surface area (Å²) in [5.74, 6) is 0.597. The Bertz CT molecular complexity index is 1120. The van der Waals surface area contributed by atoms with E-state index in [1.807, 2.05) is 34.8 Å². The van der Waals surface area contributed by atoms with Crippen LogP contribution in [0.15, 0.2) is 66.7 Å². The summed E-state index contributed by atoms with van der Waals surface area (Å²) in [5.41, 5.74) is 12.4. The van der Waals surface area contributed by atoms with E-state index in [2.05, 4.69) is 56.7 Å². The Kier molecular flexibility index (Phi) is 4.27. The van der Waals surface area contributed by atoms with Gasteiger partial charge < -0.3 is 11.1 Å². The maximum Gasteiger partial charge on any atom is 0.247 e. The highest BCUT2D eigenvalue weighted by molar-refractivity contribution is 5.65. The minimum absolute atomic E-state index is 0.597. The highest BCUT2D eigenvalue weighted by Gasteiger charge is 2.18. The van der Waals surface area contributed by atoms with Crippen LogP contribution in [0, 0.1) is 0 Å². The third kappa shape index (κ3) is 3.13. The Morgan fingerprint density at radius 3 is 2.64 bits per heavy atom. The Balaban J connectivity index is 1.43. The lowest BCUT2D eigenvalue weighted by atomic mass is 10.1. The van der Waals surface area contributed by atoms with Crippen LogP contribution in [0.1, 0.15) is 11.1 Å². The van der Waals surface area contributed by atoms with Crippen molar-refractivity contribution in [3.8, 4) is 11.3 Å². The van der Waals surface area contributed by atoms with Crippen molar-refractivity contribution in [3.63, 3.8) is 0 Å². The van der Waals surface area contributed by atoms with Gasteiger partial charge in [0.05, 0.1) is 5.69 Å². The van der Waals surface area contributed by atoms with Crippen LogP contribution in [0.5, 0.6) is 0 Å². The SMILES string of the molecule is NCCN1Cc2ccc(Nc3nc4cccc(-c5ccccc5)n4n3)cc2C1. The summed E-state index contributed by atoms with van der Waals surface area (Å²) in [6.45, 7) is 3.53. The van der Waals surface area contributed by atoms with Crippen LogP contribution < -0.4 is 11.1 Å². The highest BCUT2D eigenvalue weighted by Crippen LogP contribution is 2.27. The smallest absolute Gasteiger partial charge is 0.247 e. The van der Waals surface area contributed by atoms with Gasteiger partial charge in [0.15, 0.2) is 5.65 Å². The van der Waals surface area contributed by atoms with Crippen molar-refractivity contribution in [2.24, 2.45) is 5.73 Å². The minimum atomic E-state index is 0.597. The number of nitrogens with zero attached hydrogens (tertiary/aromatic N) is 4. The molecule has 3 N–H and O–H groups in total. The molecule has 6 heteroatoms. The first kappa shape index (κ1) is 16.9. The van der Waals surface area contributed by atoms with Gasteiger partial charge >= 0.3 is 0 Å². The summed E-state index contributed by atoms with van der Waals surface area (Å²) in [4.78, 5) is 7.01. The van der Waals surface area contributed by atoms with Crippen LogP contribution in [0.4, 0.5) is 11.6 Å². The van der Waals surface area contributed by atoms with Gasteiger partial charge in [0.1, 0.15) is 0 Å². The largest absolute Gasteiger partial charge is 0.329 e. The normalized spacial score (nSPS) is 13.8. The van der Waals surface area contributed by atoms with Gasteiger partial charge in [-0.25, -0.2) is 4.52 Å². The van der Waals surface area contributed by atoms with Gasteiger partial charge in [-0.1, -0.05) is 42.5 Å². The molecule has 0 amide bonds. The molecule has 0 unspecified atom stereocenters. The van der Waals surface area contributed by atoms with E-state index in [1.165, 1.54) is 11.1 Å². The minimum Gasteiger partial charge on any atom is -0.329 e. The first-order chi connectivity index (χ1) is 13.8. The lowest BCUT2D eigenvalue weighted by Gasteiger charge is -2.11. The predicted molar refractivity (Wildman–Crippen MR) is 111 cm³/mol. The number of rotatable bonds is 5. The number of anilines is 2. The Labute approximate surface area is 163 Å². The average molecular weight is 370 g/mol. The maximum atomic E-state index is 5.69. The molecule has 0 radical (unpaired) electrons. The van der Waals surface area contributed by atoms with Gasteiger partial charge in [0.2, 0.25) is 5.95 Å². The molecule has 0 bridgehead atoms.